The Bertz CT molecular complexity index is 183. The minimum atomic E-state index is -0.232. The molecule has 0 radical (unpaired) electrons. The van der Waals surface area contributed by atoms with Crippen LogP contribution in [-0.4, -0.2) is 29.6 Å². The number of carbonyl (C=O) groups excluding carboxylic acids is 1. The Labute approximate surface area is 52.1 Å². The maximum atomic E-state index is 10.4. The van der Waals surface area contributed by atoms with E-state index in [1.165, 1.54) is 12.4 Å². The van der Waals surface area contributed by atoms with Gasteiger partial charge < -0.3 is 5.21 Å². The van der Waals surface area contributed by atoms with E-state index < -0.39 is 0 Å². The summed E-state index contributed by atoms with van der Waals surface area (Å²) in [5, 5.41) is 10.4. The molecule has 0 spiro atoms. The topological polar surface area (TPSA) is 55.5 Å². The van der Waals surface area contributed by atoms with Crippen LogP contribution < -0.4 is 0 Å². The molecule has 0 bridgehead atoms. The zero-order valence-corrected chi connectivity index (χ0v) is 4.78. The SMILES string of the molecule is O=C1CC[N+]([O-])=CC=N1. The van der Waals surface area contributed by atoms with E-state index in [2.05, 4.69) is 4.99 Å². The highest BCUT2D eigenvalue weighted by atomic mass is 16.5. The van der Waals surface area contributed by atoms with Gasteiger partial charge >= 0.3 is 0 Å². The lowest BCUT2D eigenvalue weighted by Gasteiger charge is -1.96. The Balaban J connectivity index is 2.65. The molecule has 1 aliphatic heterocycles. The zero-order valence-electron chi connectivity index (χ0n) is 4.78. The van der Waals surface area contributed by atoms with Gasteiger partial charge in [-0.15, -0.1) is 0 Å². The highest BCUT2D eigenvalue weighted by Crippen LogP contribution is 1.87. The smallest absolute Gasteiger partial charge is 0.252 e. The van der Waals surface area contributed by atoms with Gasteiger partial charge in [-0.25, -0.2) is 9.73 Å². The Hall–Kier alpha value is -1.19. The summed E-state index contributed by atoms with van der Waals surface area (Å²) in [7, 11) is 0. The standard InChI is InChI=1S/C5H6N2O2/c8-5-1-3-7(9)4-2-6-5/h2,4H,1,3H2. The van der Waals surface area contributed by atoms with Crippen molar-refractivity contribution in [2.75, 3.05) is 6.54 Å². The van der Waals surface area contributed by atoms with Gasteiger partial charge in [0.2, 0.25) is 0 Å². The lowest BCUT2D eigenvalue weighted by molar-refractivity contribution is -0.449. The van der Waals surface area contributed by atoms with Gasteiger partial charge in [-0.1, -0.05) is 0 Å². The molecular weight excluding hydrogens is 120 g/mol. The Kier molecular flexibility index (Phi) is 1.58. The van der Waals surface area contributed by atoms with Crippen molar-refractivity contribution in [1.29, 1.82) is 0 Å². The number of rotatable bonds is 0. The van der Waals surface area contributed by atoms with Gasteiger partial charge in [0.1, 0.15) is 0 Å². The van der Waals surface area contributed by atoms with Crippen LogP contribution in [0, 0.1) is 5.21 Å². The lowest BCUT2D eigenvalue weighted by atomic mass is 10.4. The average Bonchev–Trinajstić information content (AvgIpc) is 1.97. The average molecular weight is 126 g/mol. The van der Waals surface area contributed by atoms with E-state index in [0.717, 1.165) is 0 Å². The molecule has 4 nitrogen and oxygen atoms in total. The Morgan fingerprint density at radius 1 is 1.78 bits per heavy atom. The van der Waals surface area contributed by atoms with E-state index in [1.54, 1.807) is 0 Å². The molecule has 0 unspecified atom stereocenters. The van der Waals surface area contributed by atoms with Gasteiger partial charge in [-0.3, -0.25) is 4.79 Å². The second-order valence-corrected chi connectivity index (χ2v) is 1.71. The summed E-state index contributed by atoms with van der Waals surface area (Å²) in [5.74, 6) is -0.232. The van der Waals surface area contributed by atoms with Crippen LogP contribution in [-0.2, 0) is 4.79 Å². The molecule has 0 aromatic carbocycles. The van der Waals surface area contributed by atoms with Crippen LogP contribution in [0.4, 0.5) is 0 Å². The maximum Gasteiger partial charge on any atom is 0.252 e. The first-order valence-electron chi connectivity index (χ1n) is 2.63. The van der Waals surface area contributed by atoms with E-state index in [4.69, 9.17) is 0 Å². The highest BCUT2D eigenvalue weighted by Gasteiger charge is 2.04. The molecule has 0 fully saturated rings. The zero-order chi connectivity index (χ0) is 6.69. The molecule has 9 heavy (non-hydrogen) atoms. The molecule has 0 aliphatic carbocycles. The molecule has 4 heteroatoms. The van der Waals surface area contributed by atoms with Crippen LogP contribution >= 0.6 is 0 Å². The number of nitrogens with zero attached hydrogens (tertiary/aromatic N) is 2. The van der Waals surface area contributed by atoms with E-state index in [9.17, 15) is 10.0 Å². The van der Waals surface area contributed by atoms with Crippen LogP contribution in [0.1, 0.15) is 6.42 Å². The number of aliphatic imine (C=N–C) groups is 1. The number of hydrogen-bond donors (Lipinski definition) is 0. The summed E-state index contributed by atoms with van der Waals surface area (Å²) in [6.07, 6.45) is 2.68. The van der Waals surface area contributed by atoms with Crippen molar-refractivity contribution in [2.45, 2.75) is 6.42 Å². The van der Waals surface area contributed by atoms with Crippen LogP contribution in [0.25, 0.3) is 0 Å². The van der Waals surface area contributed by atoms with E-state index in [-0.39, 0.29) is 18.9 Å². The maximum absolute atomic E-state index is 10.4. The predicted molar refractivity (Wildman–Crippen MR) is 32.7 cm³/mol. The predicted octanol–water partition coefficient (Wildman–Crippen LogP) is -0.431. The summed E-state index contributed by atoms with van der Waals surface area (Å²) in [6, 6.07) is 0. The molecular formula is C5H6N2O2. The summed E-state index contributed by atoms with van der Waals surface area (Å²) in [4.78, 5) is 13.9. The van der Waals surface area contributed by atoms with Gasteiger partial charge in [0.15, 0.2) is 12.8 Å². The molecule has 0 aromatic heterocycles. The fourth-order valence-corrected chi connectivity index (χ4v) is 0.536. The fourth-order valence-electron chi connectivity index (χ4n) is 0.536. The minimum absolute atomic E-state index is 0.219. The molecule has 0 saturated carbocycles. The summed E-state index contributed by atoms with van der Waals surface area (Å²) in [5.41, 5.74) is 0. The summed E-state index contributed by atoms with van der Waals surface area (Å²) < 4.78 is 0.689. The monoisotopic (exact) mass is 126 g/mol. The first-order valence-corrected chi connectivity index (χ1v) is 2.63. The molecule has 1 amide bonds. The van der Waals surface area contributed by atoms with Gasteiger partial charge in [0.25, 0.3) is 5.91 Å². The van der Waals surface area contributed by atoms with Crippen molar-refractivity contribution >= 4 is 18.3 Å². The van der Waals surface area contributed by atoms with Gasteiger partial charge in [0, 0.05) is 0 Å². The first kappa shape index (κ1) is 5.94. The third-order valence-corrected chi connectivity index (χ3v) is 0.998. The Morgan fingerprint density at radius 3 is 3.33 bits per heavy atom. The first-order chi connectivity index (χ1) is 4.29. The molecule has 0 atom stereocenters. The summed E-state index contributed by atoms with van der Waals surface area (Å²) >= 11 is 0. The Morgan fingerprint density at radius 2 is 2.56 bits per heavy atom. The van der Waals surface area contributed by atoms with Crippen LogP contribution in [0.15, 0.2) is 4.99 Å². The van der Waals surface area contributed by atoms with Gasteiger partial charge in [0.05, 0.1) is 12.6 Å². The van der Waals surface area contributed by atoms with Gasteiger partial charge in [-0.05, 0) is 0 Å². The van der Waals surface area contributed by atoms with E-state index in [1.807, 2.05) is 0 Å². The van der Waals surface area contributed by atoms with Crippen molar-refractivity contribution in [1.82, 2.24) is 0 Å². The van der Waals surface area contributed by atoms with Crippen molar-refractivity contribution in [3.05, 3.63) is 5.21 Å². The second-order valence-electron chi connectivity index (χ2n) is 1.71. The minimum Gasteiger partial charge on any atom is -0.624 e. The second kappa shape index (κ2) is 2.39. The molecule has 0 aromatic rings. The molecule has 1 rings (SSSR count). The molecule has 1 heterocycles. The van der Waals surface area contributed by atoms with E-state index >= 15 is 0 Å². The summed E-state index contributed by atoms with van der Waals surface area (Å²) in [6.45, 7) is 0.221. The molecule has 0 saturated heterocycles. The third kappa shape index (κ3) is 1.64. The van der Waals surface area contributed by atoms with Crippen molar-refractivity contribution in [3.63, 3.8) is 0 Å². The van der Waals surface area contributed by atoms with Crippen LogP contribution in [0.2, 0.25) is 0 Å². The van der Waals surface area contributed by atoms with Crippen molar-refractivity contribution in [2.24, 2.45) is 4.99 Å². The lowest BCUT2D eigenvalue weighted by Crippen LogP contribution is -2.06. The van der Waals surface area contributed by atoms with Gasteiger partial charge in [-0.2, -0.15) is 0 Å². The number of amides is 1. The normalized spacial score (nSPS) is 19.1. The largest absolute Gasteiger partial charge is 0.624 e. The van der Waals surface area contributed by atoms with Crippen molar-refractivity contribution < 1.29 is 9.53 Å². The van der Waals surface area contributed by atoms with Crippen molar-refractivity contribution in [3.8, 4) is 0 Å². The highest BCUT2D eigenvalue weighted by molar-refractivity contribution is 6.16. The number of hydrogen-bond acceptors (Lipinski definition) is 2. The third-order valence-electron chi connectivity index (χ3n) is 0.998. The van der Waals surface area contributed by atoms with Crippen LogP contribution in [0.3, 0.4) is 0 Å². The quantitative estimate of drug-likeness (QED) is 0.326. The molecule has 48 valence electrons. The molecule has 0 N–H and O–H groups in total. The number of hydroxylamine groups is 1. The van der Waals surface area contributed by atoms with Crippen LogP contribution in [0.5, 0.6) is 0 Å². The number of carbonyl (C=O) groups is 1. The van der Waals surface area contributed by atoms with E-state index in [0.29, 0.717) is 4.74 Å². The fraction of sp³-hybridized carbons (Fsp3) is 0.400. The molecule has 1 aliphatic rings.